The summed E-state index contributed by atoms with van der Waals surface area (Å²) in [4.78, 5) is 22.7. The molecule has 0 saturated heterocycles. The first-order valence-electron chi connectivity index (χ1n) is 7.70. The first-order valence-corrected chi connectivity index (χ1v) is 7.70. The molecule has 0 atom stereocenters. The summed E-state index contributed by atoms with van der Waals surface area (Å²) in [5, 5.41) is 14.9. The van der Waals surface area contributed by atoms with Crippen LogP contribution in [-0.2, 0) is 9.59 Å². The van der Waals surface area contributed by atoms with Gasteiger partial charge in [0.15, 0.2) is 6.61 Å². The van der Waals surface area contributed by atoms with E-state index in [0.717, 1.165) is 5.56 Å². The highest BCUT2D eigenvalue weighted by atomic mass is 16.5. The van der Waals surface area contributed by atoms with Gasteiger partial charge in [0, 0.05) is 5.69 Å². The summed E-state index contributed by atoms with van der Waals surface area (Å²) in [7, 11) is 1.57. The van der Waals surface area contributed by atoms with Crippen LogP contribution >= 0.6 is 0 Å². The topological polar surface area (TPSA) is 109 Å². The molecule has 26 heavy (non-hydrogen) atoms. The lowest BCUT2D eigenvalue weighted by atomic mass is 10.2. The van der Waals surface area contributed by atoms with Gasteiger partial charge in [-0.2, -0.15) is 5.10 Å². The average molecular weight is 357 g/mol. The Labute approximate surface area is 150 Å². The molecule has 136 valence electrons. The van der Waals surface area contributed by atoms with Gasteiger partial charge in [0.25, 0.3) is 11.8 Å². The molecule has 0 unspecified atom stereocenters. The summed E-state index contributed by atoms with van der Waals surface area (Å²) in [6.45, 7) is -0.755. The molecule has 2 aromatic rings. The molecular weight excluding hydrogens is 338 g/mol. The fraction of sp³-hybridized carbons (Fsp3) is 0.167. The highest BCUT2D eigenvalue weighted by molar-refractivity contribution is 5.92. The third-order valence-corrected chi connectivity index (χ3v) is 3.17. The molecule has 0 bridgehead atoms. The highest BCUT2D eigenvalue weighted by Crippen LogP contribution is 2.15. The standard InChI is InChI=1S/C18H19N3O5/c1-25-15-8-4-14(5-9-15)20-18(24)12-26-16-6-2-13(3-7-16)10-19-21-17(23)11-22/h2-10,22H,11-12H2,1H3,(H,20,24)(H,21,23)/b19-10-. The van der Waals surface area contributed by atoms with E-state index in [-0.39, 0.29) is 12.5 Å². The van der Waals surface area contributed by atoms with Gasteiger partial charge in [-0.1, -0.05) is 0 Å². The number of aliphatic hydroxyl groups excluding tert-OH is 1. The van der Waals surface area contributed by atoms with Gasteiger partial charge in [0.1, 0.15) is 18.1 Å². The number of benzene rings is 2. The number of hydrogen-bond acceptors (Lipinski definition) is 6. The van der Waals surface area contributed by atoms with Crippen molar-refractivity contribution in [3.8, 4) is 11.5 Å². The molecule has 0 heterocycles. The molecule has 0 aliphatic heterocycles. The Balaban J connectivity index is 1.79. The number of carbonyl (C=O) groups excluding carboxylic acids is 2. The van der Waals surface area contributed by atoms with E-state index in [0.29, 0.717) is 17.2 Å². The van der Waals surface area contributed by atoms with Crippen molar-refractivity contribution in [3.63, 3.8) is 0 Å². The van der Waals surface area contributed by atoms with Gasteiger partial charge in [-0.3, -0.25) is 9.59 Å². The van der Waals surface area contributed by atoms with E-state index >= 15 is 0 Å². The van der Waals surface area contributed by atoms with Crippen LogP contribution in [0, 0.1) is 0 Å². The third-order valence-electron chi connectivity index (χ3n) is 3.17. The third kappa shape index (κ3) is 6.25. The number of methoxy groups -OCH3 is 1. The van der Waals surface area contributed by atoms with E-state index in [9.17, 15) is 9.59 Å². The maximum atomic E-state index is 11.9. The van der Waals surface area contributed by atoms with Crippen molar-refractivity contribution in [2.45, 2.75) is 0 Å². The number of ether oxygens (including phenoxy) is 2. The lowest BCUT2D eigenvalue weighted by Gasteiger charge is -2.08. The van der Waals surface area contributed by atoms with Crippen LogP contribution in [-0.4, -0.2) is 43.5 Å². The van der Waals surface area contributed by atoms with Gasteiger partial charge < -0.3 is 19.9 Å². The van der Waals surface area contributed by atoms with Crippen LogP contribution in [0.15, 0.2) is 53.6 Å². The summed E-state index contributed by atoms with van der Waals surface area (Å²) >= 11 is 0. The molecule has 8 heteroatoms. The maximum absolute atomic E-state index is 11.9. The van der Waals surface area contributed by atoms with Gasteiger partial charge in [-0.15, -0.1) is 0 Å². The molecule has 0 radical (unpaired) electrons. The largest absolute Gasteiger partial charge is 0.497 e. The minimum absolute atomic E-state index is 0.133. The molecular formula is C18H19N3O5. The quantitative estimate of drug-likeness (QED) is 0.485. The van der Waals surface area contributed by atoms with E-state index in [1.165, 1.54) is 6.21 Å². The van der Waals surface area contributed by atoms with Crippen LogP contribution in [0.3, 0.4) is 0 Å². The van der Waals surface area contributed by atoms with Crippen LogP contribution in [0.5, 0.6) is 11.5 Å². The van der Waals surface area contributed by atoms with E-state index in [2.05, 4.69) is 15.8 Å². The lowest BCUT2D eigenvalue weighted by Crippen LogP contribution is -2.20. The second-order valence-electron chi connectivity index (χ2n) is 5.09. The van der Waals surface area contributed by atoms with Crippen LogP contribution in [0.25, 0.3) is 0 Å². The minimum Gasteiger partial charge on any atom is -0.497 e. The SMILES string of the molecule is COc1ccc(NC(=O)COc2ccc(/C=N\NC(=O)CO)cc2)cc1. The fourth-order valence-corrected chi connectivity index (χ4v) is 1.88. The molecule has 0 aliphatic carbocycles. The van der Waals surface area contributed by atoms with Crippen molar-refractivity contribution in [2.75, 3.05) is 25.6 Å². The Hall–Kier alpha value is -3.39. The van der Waals surface area contributed by atoms with Crippen molar-refractivity contribution in [2.24, 2.45) is 5.10 Å². The smallest absolute Gasteiger partial charge is 0.265 e. The zero-order valence-electron chi connectivity index (χ0n) is 14.1. The Morgan fingerprint density at radius 1 is 1.04 bits per heavy atom. The van der Waals surface area contributed by atoms with Gasteiger partial charge in [0.2, 0.25) is 0 Å². The molecule has 0 spiro atoms. The molecule has 2 rings (SSSR count). The number of amides is 2. The van der Waals surface area contributed by atoms with Crippen molar-refractivity contribution < 1.29 is 24.2 Å². The minimum atomic E-state index is -0.622. The number of hydrogen-bond donors (Lipinski definition) is 3. The van der Waals surface area contributed by atoms with Gasteiger partial charge in [0.05, 0.1) is 13.3 Å². The molecule has 0 saturated carbocycles. The summed E-state index contributed by atoms with van der Waals surface area (Å²) in [6, 6.07) is 13.8. The molecule has 2 amide bonds. The van der Waals surface area contributed by atoms with Crippen molar-refractivity contribution >= 4 is 23.7 Å². The van der Waals surface area contributed by atoms with Crippen molar-refractivity contribution in [3.05, 3.63) is 54.1 Å². The fourth-order valence-electron chi connectivity index (χ4n) is 1.88. The summed E-state index contributed by atoms with van der Waals surface area (Å²) < 4.78 is 10.5. The molecule has 8 nitrogen and oxygen atoms in total. The summed E-state index contributed by atoms with van der Waals surface area (Å²) in [5.41, 5.74) is 3.52. The molecule has 3 N–H and O–H groups in total. The number of carbonyl (C=O) groups is 2. The first kappa shape index (κ1) is 18.9. The van der Waals surface area contributed by atoms with Crippen molar-refractivity contribution in [1.82, 2.24) is 5.43 Å². The highest BCUT2D eigenvalue weighted by Gasteiger charge is 2.04. The number of aliphatic hydroxyl groups is 1. The Morgan fingerprint density at radius 2 is 1.69 bits per heavy atom. The van der Waals surface area contributed by atoms with Gasteiger partial charge >= 0.3 is 0 Å². The van der Waals surface area contributed by atoms with Crippen LogP contribution in [0.4, 0.5) is 5.69 Å². The first-order chi connectivity index (χ1) is 12.6. The molecule has 0 aromatic heterocycles. The van der Waals surface area contributed by atoms with Crippen molar-refractivity contribution in [1.29, 1.82) is 0 Å². The Morgan fingerprint density at radius 3 is 2.31 bits per heavy atom. The maximum Gasteiger partial charge on any atom is 0.265 e. The van der Waals surface area contributed by atoms with Crippen LogP contribution < -0.4 is 20.2 Å². The average Bonchev–Trinajstić information content (AvgIpc) is 2.67. The predicted molar refractivity (Wildman–Crippen MR) is 96.4 cm³/mol. The summed E-state index contributed by atoms with van der Waals surface area (Å²) in [5.74, 6) is 0.349. The van der Waals surface area contributed by atoms with E-state index in [1.807, 2.05) is 0 Å². The number of nitrogens with zero attached hydrogens (tertiary/aromatic N) is 1. The number of anilines is 1. The van der Waals surface area contributed by atoms with Gasteiger partial charge in [-0.25, -0.2) is 5.43 Å². The Bertz CT molecular complexity index is 757. The molecule has 0 fully saturated rings. The number of rotatable bonds is 8. The molecule has 2 aromatic carbocycles. The molecule has 0 aliphatic rings. The normalized spacial score (nSPS) is 10.4. The summed E-state index contributed by atoms with van der Waals surface area (Å²) in [6.07, 6.45) is 1.42. The number of nitrogens with one attached hydrogen (secondary N) is 2. The zero-order chi connectivity index (χ0) is 18.8. The lowest BCUT2D eigenvalue weighted by molar-refractivity contribution is -0.123. The monoisotopic (exact) mass is 357 g/mol. The van der Waals surface area contributed by atoms with Gasteiger partial charge in [-0.05, 0) is 54.1 Å². The Kier molecular flexibility index (Phi) is 7.14. The second kappa shape index (κ2) is 9.80. The number of hydrazone groups is 1. The second-order valence-corrected chi connectivity index (χ2v) is 5.09. The van der Waals surface area contributed by atoms with Crippen LogP contribution in [0.1, 0.15) is 5.56 Å². The van der Waals surface area contributed by atoms with E-state index in [4.69, 9.17) is 14.6 Å². The predicted octanol–water partition coefficient (Wildman–Crippen LogP) is 1.16. The van der Waals surface area contributed by atoms with Crippen LogP contribution in [0.2, 0.25) is 0 Å². The zero-order valence-corrected chi connectivity index (χ0v) is 14.1. The van der Waals surface area contributed by atoms with E-state index in [1.54, 1.807) is 55.6 Å². The van der Waals surface area contributed by atoms with E-state index < -0.39 is 12.5 Å².